The normalized spacial score (nSPS) is 25.4. The number of aromatic amines is 1. The highest BCUT2D eigenvalue weighted by Crippen LogP contribution is 2.36. The summed E-state index contributed by atoms with van der Waals surface area (Å²) in [5, 5.41) is 21.6. The predicted octanol–water partition coefficient (Wildman–Crippen LogP) is 3.04. The van der Waals surface area contributed by atoms with E-state index in [1.54, 1.807) is 6.20 Å². The van der Waals surface area contributed by atoms with E-state index in [2.05, 4.69) is 51.4 Å². The molecule has 0 unspecified atom stereocenters. The third-order valence-corrected chi connectivity index (χ3v) is 7.09. The maximum absolute atomic E-state index is 10.4. The van der Waals surface area contributed by atoms with Crippen molar-refractivity contribution in [3.63, 3.8) is 0 Å². The van der Waals surface area contributed by atoms with Crippen molar-refractivity contribution in [2.24, 2.45) is 0 Å². The zero-order valence-electron chi connectivity index (χ0n) is 18.4. The van der Waals surface area contributed by atoms with Crippen LogP contribution in [0, 0.1) is 13.8 Å². The first-order valence-corrected chi connectivity index (χ1v) is 11.0. The Morgan fingerprint density at radius 1 is 1.23 bits per heavy atom. The first kappa shape index (κ1) is 20.4. The molecule has 2 saturated heterocycles. The van der Waals surface area contributed by atoms with Gasteiger partial charge in [-0.05, 0) is 75.9 Å². The zero-order chi connectivity index (χ0) is 21.6. The predicted molar refractivity (Wildman–Crippen MR) is 120 cm³/mol. The van der Waals surface area contributed by atoms with Gasteiger partial charge in [-0.2, -0.15) is 5.10 Å². The zero-order valence-corrected chi connectivity index (χ0v) is 18.4. The molecule has 5 rings (SSSR count). The SMILES string of the molecule is Cc1cc2cnc(Nc3cn[nH]c3C)nc2cc1C1CCN([C@]2(C)COC[C@@H]2O)CC1. The van der Waals surface area contributed by atoms with Crippen LogP contribution in [0.15, 0.2) is 24.5 Å². The molecule has 2 aliphatic rings. The Morgan fingerprint density at radius 3 is 2.71 bits per heavy atom. The van der Waals surface area contributed by atoms with Gasteiger partial charge in [0.05, 0.1) is 48.0 Å². The minimum atomic E-state index is -0.409. The molecule has 0 aliphatic carbocycles. The van der Waals surface area contributed by atoms with Crippen LogP contribution in [0.5, 0.6) is 0 Å². The summed E-state index contributed by atoms with van der Waals surface area (Å²) in [7, 11) is 0. The fourth-order valence-electron chi connectivity index (χ4n) is 4.96. The summed E-state index contributed by atoms with van der Waals surface area (Å²) in [6.45, 7) is 9.24. The molecule has 3 aromatic rings. The molecule has 3 N–H and O–H groups in total. The molecule has 0 saturated carbocycles. The number of H-pyrrole nitrogens is 1. The molecule has 0 amide bonds. The molecule has 31 heavy (non-hydrogen) atoms. The number of likely N-dealkylation sites (tertiary alicyclic amines) is 1. The van der Waals surface area contributed by atoms with Crippen molar-refractivity contribution in [3.05, 3.63) is 41.3 Å². The van der Waals surface area contributed by atoms with Crippen molar-refractivity contribution in [2.45, 2.75) is 51.2 Å². The second kappa shape index (κ2) is 7.85. The van der Waals surface area contributed by atoms with E-state index in [9.17, 15) is 5.11 Å². The van der Waals surface area contributed by atoms with Crippen LogP contribution >= 0.6 is 0 Å². The highest BCUT2D eigenvalue weighted by Gasteiger charge is 2.44. The number of nitrogens with one attached hydrogen (secondary N) is 2. The highest BCUT2D eigenvalue weighted by molar-refractivity contribution is 5.81. The van der Waals surface area contributed by atoms with Gasteiger partial charge in [0.25, 0.3) is 0 Å². The number of piperidine rings is 1. The lowest BCUT2D eigenvalue weighted by atomic mass is 9.84. The molecule has 8 heteroatoms. The van der Waals surface area contributed by atoms with Gasteiger partial charge >= 0.3 is 0 Å². The Labute approximate surface area is 182 Å². The fourth-order valence-corrected chi connectivity index (χ4v) is 4.96. The number of hydrogen-bond acceptors (Lipinski definition) is 7. The van der Waals surface area contributed by atoms with E-state index >= 15 is 0 Å². The number of ether oxygens (including phenoxy) is 1. The fraction of sp³-hybridized carbons (Fsp3) is 0.522. The molecule has 4 heterocycles. The van der Waals surface area contributed by atoms with Crippen LogP contribution < -0.4 is 5.32 Å². The Hall–Kier alpha value is -2.55. The Kier molecular flexibility index (Phi) is 5.16. The van der Waals surface area contributed by atoms with Gasteiger partial charge in [0.2, 0.25) is 5.95 Å². The molecule has 2 aromatic heterocycles. The lowest BCUT2D eigenvalue weighted by Gasteiger charge is -2.43. The second-order valence-electron chi connectivity index (χ2n) is 9.14. The van der Waals surface area contributed by atoms with E-state index in [1.165, 1.54) is 11.1 Å². The molecule has 164 valence electrons. The summed E-state index contributed by atoms with van der Waals surface area (Å²) in [4.78, 5) is 11.6. The molecule has 0 radical (unpaired) electrons. The molecule has 1 aromatic carbocycles. The maximum atomic E-state index is 10.4. The highest BCUT2D eigenvalue weighted by atomic mass is 16.5. The smallest absolute Gasteiger partial charge is 0.227 e. The largest absolute Gasteiger partial charge is 0.389 e. The van der Waals surface area contributed by atoms with E-state index in [0.717, 1.165) is 48.2 Å². The minimum absolute atomic E-state index is 0.261. The van der Waals surface area contributed by atoms with Crippen molar-refractivity contribution < 1.29 is 9.84 Å². The number of aliphatic hydroxyl groups excluding tert-OH is 1. The van der Waals surface area contributed by atoms with Gasteiger partial charge in [0.1, 0.15) is 0 Å². The summed E-state index contributed by atoms with van der Waals surface area (Å²) >= 11 is 0. The van der Waals surface area contributed by atoms with E-state index in [4.69, 9.17) is 9.72 Å². The monoisotopic (exact) mass is 422 g/mol. The molecule has 8 nitrogen and oxygen atoms in total. The van der Waals surface area contributed by atoms with Crippen molar-refractivity contribution >= 4 is 22.5 Å². The number of rotatable bonds is 4. The number of anilines is 2. The molecule has 2 fully saturated rings. The average Bonchev–Trinajstić information content (AvgIpc) is 3.33. The van der Waals surface area contributed by atoms with Crippen LogP contribution in [0.3, 0.4) is 0 Å². The van der Waals surface area contributed by atoms with E-state index in [1.807, 2.05) is 13.1 Å². The molecule has 2 atom stereocenters. The van der Waals surface area contributed by atoms with Crippen LogP contribution in [0.25, 0.3) is 10.9 Å². The molecule has 0 bridgehead atoms. The number of benzene rings is 1. The van der Waals surface area contributed by atoms with Gasteiger partial charge < -0.3 is 15.2 Å². The van der Waals surface area contributed by atoms with E-state index in [-0.39, 0.29) is 5.54 Å². The lowest BCUT2D eigenvalue weighted by Crippen LogP contribution is -2.56. The van der Waals surface area contributed by atoms with Gasteiger partial charge in [-0.15, -0.1) is 0 Å². The van der Waals surface area contributed by atoms with Crippen molar-refractivity contribution in [3.8, 4) is 0 Å². The van der Waals surface area contributed by atoms with Crippen LogP contribution in [0.4, 0.5) is 11.6 Å². The van der Waals surface area contributed by atoms with Gasteiger partial charge in [0.15, 0.2) is 0 Å². The Morgan fingerprint density at radius 2 is 2.03 bits per heavy atom. The summed E-state index contributed by atoms with van der Waals surface area (Å²) in [6, 6.07) is 4.43. The van der Waals surface area contributed by atoms with Crippen molar-refractivity contribution in [2.75, 3.05) is 31.6 Å². The summed E-state index contributed by atoms with van der Waals surface area (Å²) < 4.78 is 5.54. The van der Waals surface area contributed by atoms with Gasteiger partial charge in [0, 0.05) is 11.6 Å². The number of aliphatic hydroxyl groups is 1. The first-order valence-electron chi connectivity index (χ1n) is 11.0. The number of nitrogens with zero attached hydrogens (tertiary/aromatic N) is 4. The average molecular weight is 423 g/mol. The summed E-state index contributed by atoms with van der Waals surface area (Å²) in [5.74, 6) is 1.07. The number of fused-ring (bicyclic) bond motifs is 1. The van der Waals surface area contributed by atoms with Crippen LogP contribution in [-0.4, -0.2) is 68.1 Å². The number of aromatic nitrogens is 4. The Bertz CT molecular complexity index is 1090. The van der Waals surface area contributed by atoms with Crippen molar-refractivity contribution in [1.82, 2.24) is 25.1 Å². The molecule has 0 spiro atoms. The van der Waals surface area contributed by atoms with Gasteiger partial charge in [-0.1, -0.05) is 0 Å². The number of hydrogen-bond donors (Lipinski definition) is 3. The van der Waals surface area contributed by atoms with Crippen molar-refractivity contribution in [1.29, 1.82) is 0 Å². The third-order valence-electron chi connectivity index (χ3n) is 7.09. The summed E-state index contributed by atoms with van der Waals surface area (Å²) in [5.41, 5.74) is 5.18. The number of aryl methyl sites for hydroxylation is 2. The second-order valence-corrected chi connectivity index (χ2v) is 9.14. The van der Waals surface area contributed by atoms with Crippen LogP contribution in [-0.2, 0) is 4.74 Å². The van der Waals surface area contributed by atoms with Crippen LogP contribution in [0.2, 0.25) is 0 Å². The first-order chi connectivity index (χ1) is 14.9. The maximum Gasteiger partial charge on any atom is 0.227 e. The Balaban J connectivity index is 1.36. The minimum Gasteiger partial charge on any atom is -0.389 e. The topological polar surface area (TPSA) is 99.2 Å². The molecular weight excluding hydrogens is 392 g/mol. The van der Waals surface area contributed by atoms with E-state index < -0.39 is 6.10 Å². The van der Waals surface area contributed by atoms with Crippen LogP contribution in [0.1, 0.15) is 42.5 Å². The summed E-state index contributed by atoms with van der Waals surface area (Å²) in [6.07, 6.45) is 5.34. The lowest BCUT2D eigenvalue weighted by molar-refractivity contribution is -0.00214. The quantitative estimate of drug-likeness (QED) is 0.594. The van der Waals surface area contributed by atoms with Gasteiger partial charge in [-0.25, -0.2) is 9.97 Å². The van der Waals surface area contributed by atoms with Gasteiger partial charge in [-0.3, -0.25) is 10.00 Å². The molecule has 2 aliphatic heterocycles. The molecular formula is C23H30N6O2. The third kappa shape index (κ3) is 3.69. The standard InChI is InChI=1S/C23H30N6O2/c1-14-8-17-10-24-22(27-20-11-25-28-15(20)2)26-19(17)9-18(14)16-4-6-29(7-5-16)23(3)13-31-12-21(23)30/h8-11,16,21,30H,4-7,12-13H2,1-3H3,(H,25,28)(H,24,26,27)/t21-,23+/m0/s1. The van der Waals surface area contributed by atoms with E-state index in [0.29, 0.717) is 25.1 Å².